The molecule has 0 saturated heterocycles. The van der Waals surface area contributed by atoms with E-state index in [1.165, 1.54) is 6.07 Å². The normalized spacial score (nSPS) is 12.6. The Morgan fingerprint density at radius 3 is 2.74 bits per heavy atom. The van der Waals surface area contributed by atoms with Crippen molar-refractivity contribution in [2.24, 2.45) is 0 Å². The predicted octanol–water partition coefficient (Wildman–Crippen LogP) is 4.37. The van der Waals surface area contributed by atoms with E-state index in [0.29, 0.717) is 16.7 Å². The molecule has 1 heterocycles. The minimum atomic E-state index is -0.945. The number of thioether (sulfide) groups is 1. The van der Waals surface area contributed by atoms with Crippen LogP contribution in [0.15, 0.2) is 40.8 Å². The third kappa shape index (κ3) is 2.87. The SMILES string of the molecule is CC(SCC(=O)O)c1cc2c(cc1[N+](=O)[O-])oc1ccccc12. The van der Waals surface area contributed by atoms with Gasteiger partial charge in [-0.2, -0.15) is 0 Å². The number of carbonyl (C=O) groups is 1. The maximum absolute atomic E-state index is 11.4. The Hall–Kier alpha value is -2.54. The molecule has 0 bridgehead atoms. The topological polar surface area (TPSA) is 93.6 Å². The summed E-state index contributed by atoms with van der Waals surface area (Å²) < 4.78 is 5.67. The summed E-state index contributed by atoms with van der Waals surface area (Å²) in [4.78, 5) is 21.6. The van der Waals surface area contributed by atoms with Crippen LogP contribution in [-0.2, 0) is 4.79 Å². The first-order valence-corrected chi connectivity index (χ1v) is 7.95. The van der Waals surface area contributed by atoms with E-state index < -0.39 is 10.9 Å². The van der Waals surface area contributed by atoms with Gasteiger partial charge in [-0.15, -0.1) is 11.8 Å². The van der Waals surface area contributed by atoms with E-state index in [9.17, 15) is 14.9 Å². The lowest BCUT2D eigenvalue weighted by Crippen LogP contribution is -2.02. The van der Waals surface area contributed by atoms with E-state index in [1.807, 2.05) is 24.3 Å². The molecule has 1 unspecified atom stereocenters. The number of fused-ring (bicyclic) bond motifs is 3. The second kappa shape index (κ2) is 5.92. The zero-order chi connectivity index (χ0) is 16.6. The first-order chi connectivity index (χ1) is 11.0. The monoisotopic (exact) mass is 331 g/mol. The van der Waals surface area contributed by atoms with E-state index in [4.69, 9.17) is 9.52 Å². The van der Waals surface area contributed by atoms with Gasteiger partial charge >= 0.3 is 5.97 Å². The number of carboxylic acids is 1. The fraction of sp³-hybridized carbons (Fsp3) is 0.188. The molecular weight excluding hydrogens is 318 g/mol. The molecule has 1 N–H and O–H groups in total. The van der Waals surface area contributed by atoms with E-state index in [1.54, 1.807) is 13.0 Å². The molecule has 0 aliphatic carbocycles. The molecule has 3 aromatic rings. The highest BCUT2D eigenvalue weighted by Crippen LogP contribution is 2.39. The molecule has 0 aliphatic rings. The number of para-hydroxylation sites is 1. The number of furan rings is 1. The van der Waals surface area contributed by atoms with Crippen molar-refractivity contribution in [1.82, 2.24) is 0 Å². The van der Waals surface area contributed by atoms with Crippen molar-refractivity contribution >= 4 is 45.4 Å². The van der Waals surface area contributed by atoms with Gasteiger partial charge in [0, 0.05) is 21.6 Å². The van der Waals surface area contributed by atoms with E-state index in [0.717, 1.165) is 22.5 Å². The first-order valence-electron chi connectivity index (χ1n) is 6.90. The van der Waals surface area contributed by atoms with E-state index in [2.05, 4.69) is 0 Å². The van der Waals surface area contributed by atoms with E-state index >= 15 is 0 Å². The molecular formula is C16H13NO5S. The Bertz CT molecular complexity index is 917. The van der Waals surface area contributed by atoms with Crippen LogP contribution < -0.4 is 0 Å². The van der Waals surface area contributed by atoms with Crippen molar-refractivity contribution < 1.29 is 19.2 Å². The molecule has 0 saturated carbocycles. The molecule has 23 heavy (non-hydrogen) atoms. The lowest BCUT2D eigenvalue weighted by atomic mass is 10.1. The van der Waals surface area contributed by atoms with Crippen molar-refractivity contribution in [1.29, 1.82) is 0 Å². The number of aliphatic carboxylic acids is 1. The summed E-state index contributed by atoms with van der Waals surface area (Å²) in [6, 6.07) is 10.6. The number of hydrogen-bond acceptors (Lipinski definition) is 5. The van der Waals surface area contributed by atoms with Gasteiger partial charge < -0.3 is 9.52 Å². The lowest BCUT2D eigenvalue weighted by Gasteiger charge is -2.10. The molecule has 1 aromatic heterocycles. The Labute approximate surface area is 135 Å². The molecule has 7 heteroatoms. The summed E-state index contributed by atoms with van der Waals surface area (Å²) in [7, 11) is 0. The maximum Gasteiger partial charge on any atom is 0.313 e. The first kappa shape index (κ1) is 15.4. The Balaban J connectivity index is 2.17. The molecule has 0 fully saturated rings. The summed E-state index contributed by atoms with van der Waals surface area (Å²) in [5.74, 6) is -1.05. The third-order valence-electron chi connectivity index (χ3n) is 3.62. The lowest BCUT2D eigenvalue weighted by molar-refractivity contribution is -0.385. The highest BCUT2D eigenvalue weighted by Gasteiger charge is 2.23. The van der Waals surface area contributed by atoms with Gasteiger partial charge in [0.05, 0.1) is 16.7 Å². The van der Waals surface area contributed by atoms with Crippen LogP contribution in [0, 0.1) is 10.1 Å². The minimum absolute atomic E-state index is 0.0538. The van der Waals surface area contributed by atoms with Crippen LogP contribution in [0.5, 0.6) is 0 Å². The molecule has 0 amide bonds. The smallest absolute Gasteiger partial charge is 0.313 e. The molecule has 0 spiro atoms. The standard InChI is InChI=1S/C16H13NO5S/c1-9(23-8-16(18)19)11-6-12-10-4-2-3-5-14(10)22-15(12)7-13(11)17(20)21/h2-7,9H,8H2,1H3,(H,18,19). The van der Waals surface area contributed by atoms with Crippen LogP contribution in [0.25, 0.3) is 21.9 Å². The number of benzene rings is 2. The average molecular weight is 331 g/mol. The Morgan fingerprint density at radius 1 is 1.30 bits per heavy atom. The number of nitro groups is 1. The molecule has 1 atom stereocenters. The van der Waals surface area contributed by atoms with Gasteiger partial charge in [0.15, 0.2) is 0 Å². The summed E-state index contributed by atoms with van der Waals surface area (Å²) in [6.07, 6.45) is 0. The van der Waals surface area contributed by atoms with Crippen molar-refractivity contribution in [3.05, 3.63) is 52.1 Å². The number of nitro benzene ring substituents is 1. The largest absolute Gasteiger partial charge is 0.481 e. The molecule has 3 rings (SSSR count). The molecule has 0 radical (unpaired) electrons. The van der Waals surface area contributed by atoms with Gasteiger partial charge in [-0.3, -0.25) is 14.9 Å². The molecule has 0 aliphatic heterocycles. The summed E-state index contributed by atoms with van der Waals surface area (Å²) in [6.45, 7) is 1.77. The van der Waals surface area contributed by atoms with Crippen LogP contribution in [0.3, 0.4) is 0 Å². The van der Waals surface area contributed by atoms with Crippen LogP contribution in [0.4, 0.5) is 5.69 Å². The van der Waals surface area contributed by atoms with Crippen molar-refractivity contribution in [2.75, 3.05) is 5.75 Å². The number of hydrogen-bond donors (Lipinski definition) is 1. The highest BCUT2D eigenvalue weighted by molar-refractivity contribution is 8.00. The van der Waals surface area contributed by atoms with Crippen LogP contribution in [0.1, 0.15) is 17.7 Å². The second-order valence-corrected chi connectivity index (χ2v) is 6.44. The molecule has 6 nitrogen and oxygen atoms in total. The molecule has 2 aromatic carbocycles. The molecule has 118 valence electrons. The van der Waals surface area contributed by atoms with Gasteiger partial charge in [0.25, 0.3) is 5.69 Å². The van der Waals surface area contributed by atoms with Gasteiger partial charge in [0.1, 0.15) is 11.2 Å². The quantitative estimate of drug-likeness (QED) is 0.551. The summed E-state index contributed by atoms with van der Waals surface area (Å²) in [5, 5.41) is 21.5. The Morgan fingerprint density at radius 2 is 2.04 bits per heavy atom. The predicted molar refractivity (Wildman–Crippen MR) is 88.9 cm³/mol. The third-order valence-corrected chi connectivity index (χ3v) is 4.79. The average Bonchev–Trinajstić information content (AvgIpc) is 2.88. The number of rotatable bonds is 5. The van der Waals surface area contributed by atoms with Gasteiger partial charge in [-0.25, -0.2) is 0 Å². The van der Waals surface area contributed by atoms with Crippen molar-refractivity contribution in [3.63, 3.8) is 0 Å². The minimum Gasteiger partial charge on any atom is -0.481 e. The van der Waals surface area contributed by atoms with Crippen molar-refractivity contribution in [2.45, 2.75) is 12.2 Å². The zero-order valence-electron chi connectivity index (χ0n) is 12.2. The highest BCUT2D eigenvalue weighted by atomic mass is 32.2. The van der Waals surface area contributed by atoms with Crippen LogP contribution >= 0.6 is 11.8 Å². The second-order valence-electron chi connectivity index (χ2n) is 5.11. The fourth-order valence-electron chi connectivity index (χ4n) is 2.55. The maximum atomic E-state index is 11.4. The van der Waals surface area contributed by atoms with Gasteiger partial charge in [0.2, 0.25) is 0 Å². The van der Waals surface area contributed by atoms with Gasteiger partial charge in [-0.05, 0) is 19.1 Å². The van der Waals surface area contributed by atoms with Crippen molar-refractivity contribution in [3.8, 4) is 0 Å². The number of carboxylic acid groups (broad SMARTS) is 1. The summed E-state index contributed by atoms with van der Waals surface area (Å²) in [5.41, 5.74) is 1.57. The summed E-state index contributed by atoms with van der Waals surface area (Å²) >= 11 is 1.15. The number of nitrogens with zero attached hydrogens (tertiary/aromatic N) is 1. The zero-order valence-corrected chi connectivity index (χ0v) is 13.0. The van der Waals surface area contributed by atoms with Crippen LogP contribution in [-0.4, -0.2) is 21.8 Å². The Kier molecular flexibility index (Phi) is 3.96. The fourth-order valence-corrected chi connectivity index (χ4v) is 3.31. The van der Waals surface area contributed by atoms with Gasteiger partial charge in [-0.1, -0.05) is 18.2 Å². The van der Waals surface area contributed by atoms with E-state index in [-0.39, 0.29) is 16.7 Å². The van der Waals surface area contributed by atoms with Crippen LogP contribution in [0.2, 0.25) is 0 Å².